The van der Waals surface area contributed by atoms with Crippen molar-refractivity contribution in [3.05, 3.63) is 28.4 Å². The maximum absolute atomic E-state index is 12.2. The van der Waals surface area contributed by atoms with Crippen LogP contribution in [-0.2, 0) is 0 Å². The van der Waals surface area contributed by atoms with Gasteiger partial charge in [0.25, 0.3) is 0 Å². The first kappa shape index (κ1) is 16.6. The summed E-state index contributed by atoms with van der Waals surface area (Å²) in [5.74, 6) is -0.483. The maximum Gasteiger partial charge on any atom is 0.573 e. The summed E-state index contributed by atoms with van der Waals surface area (Å²) in [5, 5.41) is 14.1. The molecule has 0 spiro atoms. The molecule has 2 aromatic rings. The Kier molecular flexibility index (Phi) is 4.65. The number of halogens is 5. The lowest BCUT2D eigenvalue weighted by Crippen LogP contribution is -2.17. The van der Waals surface area contributed by atoms with Gasteiger partial charge in [0, 0.05) is 12.1 Å². The lowest BCUT2D eigenvalue weighted by Gasteiger charge is -2.13. The number of alkyl halides is 3. The van der Waals surface area contributed by atoms with E-state index >= 15 is 0 Å². The highest BCUT2D eigenvalue weighted by Gasteiger charge is 2.32. The number of anilines is 1. The van der Waals surface area contributed by atoms with Crippen LogP contribution in [0.25, 0.3) is 5.69 Å². The summed E-state index contributed by atoms with van der Waals surface area (Å²) in [6, 6.07) is 1.88. The number of nitrogen functional groups attached to an aromatic ring is 1. The van der Waals surface area contributed by atoms with E-state index in [9.17, 15) is 13.2 Å². The van der Waals surface area contributed by atoms with Crippen molar-refractivity contribution in [3.8, 4) is 16.8 Å². The van der Waals surface area contributed by atoms with Crippen molar-refractivity contribution in [1.82, 2.24) is 9.78 Å². The molecule has 0 aliphatic rings. The van der Waals surface area contributed by atoms with Gasteiger partial charge in [-0.2, -0.15) is 10.4 Å². The SMILES string of the molecule is N#CSc1cnn(-c2c(Cl)cc(OC(F)(F)F)cc2Cl)c1N. The highest BCUT2D eigenvalue weighted by atomic mass is 35.5. The number of hydrogen-bond donors (Lipinski definition) is 1. The minimum absolute atomic E-state index is 0.0832. The molecule has 2 N–H and O–H groups in total. The van der Waals surface area contributed by atoms with Crippen LogP contribution in [0.5, 0.6) is 5.75 Å². The van der Waals surface area contributed by atoms with Gasteiger partial charge in [-0.05, 0) is 11.8 Å². The van der Waals surface area contributed by atoms with Crippen molar-refractivity contribution in [2.75, 3.05) is 5.73 Å². The molecule has 0 fully saturated rings. The number of thiocyanates is 1. The number of ether oxygens (including phenoxy) is 1. The largest absolute Gasteiger partial charge is 0.573 e. The van der Waals surface area contributed by atoms with Gasteiger partial charge >= 0.3 is 6.36 Å². The van der Waals surface area contributed by atoms with Crippen LogP contribution in [0.1, 0.15) is 0 Å². The molecule has 0 radical (unpaired) electrons. The first-order valence-electron chi connectivity index (χ1n) is 5.37. The third kappa shape index (κ3) is 3.52. The van der Waals surface area contributed by atoms with Gasteiger partial charge in [0.05, 0.1) is 21.1 Å². The van der Waals surface area contributed by atoms with Crippen molar-refractivity contribution in [2.45, 2.75) is 11.3 Å². The second kappa shape index (κ2) is 6.16. The Hall–Kier alpha value is -1.76. The third-order valence-electron chi connectivity index (χ3n) is 2.36. The highest BCUT2D eigenvalue weighted by molar-refractivity contribution is 8.03. The Morgan fingerprint density at radius 3 is 2.41 bits per heavy atom. The van der Waals surface area contributed by atoms with E-state index in [1.807, 2.05) is 5.40 Å². The number of nitrogens with zero attached hydrogens (tertiary/aromatic N) is 3. The van der Waals surface area contributed by atoms with E-state index < -0.39 is 12.1 Å². The Morgan fingerprint density at radius 2 is 1.91 bits per heavy atom. The minimum Gasteiger partial charge on any atom is -0.406 e. The number of nitriles is 1. The van der Waals surface area contributed by atoms with Crippen LogP contribution < -0.4 is 10.5 Å². The Morgan fingerprint density at radius 1 is 1.32 bits per heavy atom. The molecule has 0 unspecified atom stereocenters. The third-order valence-corrected chi connectivity index (χ3v) is 3.56. The minimum atomic E-state index is -4.87. The topological polar surface area (TPSA) is 76.9 Å². The molecule has 11 heteroatoms. The van der Waals surface area contributed by atoms with Gasteiger partial charge in [-0.1, -0.05) is 23.2 Å². The Balaban J connectivity index is 2.47. The summed E-state index contributed by atoms with van der Waals surface area (Å²) in [6.07, 6.45) is -3.55. The fourth-order valence-corrected chi connectivity index (χ4v) is 2.60. The van der Waals surface area contributed by atoms with Crippen molar-refractivity contribution in [3.63, 3.8) is 0 Å². The Bertz CT molecular complexity index is 734. The first-order chi connectivity index (χ1) is 10.2. The lowest BCUT2D eigenvalue weighted by atomic mass is 10.3. The molecular formula is C11H5Cl2F3N4OS. The van der Waals surface area contributed by atoms with Gasteiger partial charge in [-0.25, -0.2) is 4.68 Å². The number of aromatic nitrogens is 2. The fourth-order valence-electron chi connectivity index (χ4n) is 1.59. The average molecular weight is 369 g/mol. The lowest BCUT2D eigenvalue weighted by molar-refractivity contribution is -0.274. The molecule has 0 saturated carbocycles. The maximum atomic E-state index is 12.2. The fraction of sp³-hybridized carbons (Fsp3) is 0.0909. The standard InChI is InChI=1S/C11H5Cl2F3N4OS/c12-6-1-5(21-11(14,15)16)2-7(13)9(6)20-10(18)8(3-19-20)22-4-17/h1-3H,18H2. The summed E-state index contributed by atoms with van der Waals surface area (Å²) in [5.41, 5.74) is 5.88. The molecule has 0 saturated heterocycles. The van der Waals surface area contributed by atoms with Crippen LogP contribution in [0.15, 0.2) is 23.2 Å². The number of nitrogens with two attached hydrogens (primary N) is 1. The first-order valence-corrected chi connectivity index (χ1v) is 6.94. The molecule has 0 aliphatic carbocycles. The van der Waals surface area contributed by atoms with E-state index in [1.54, 1.807) is 0 Å². The predicted octanol–water partition coefficient (Wildman–Crippen LogP) is 4.23. The van der Waals surface area contributed by atoms with Gasteiger partial charge in [-0.3, -0.25) is 0 Å². The zero-order valence-electron chi connectivity index (χ0n) is 10.4. The van der Waals surface area contributed by atoms with E-state index in [0.29, 0.717) is 4.90 Å². The van der Waals surface area contributed by atoms with Crippen LogP contribution >= 0.6 is 35.0 Å². The highest BCUT2D eigenvalue weighted by Crippen LogP contribution is 2.37. The van der Waals surface area contributed by atoms with Gasteiger partial charge in [-0.15, -0.1) is 13.2 Å². The summed E-state index contributed by atoms with van der Waals surface area (Å²) in [7, 11) is 0. The normalized spacial score (nSPS) is 11.3. The van der Waals surface area contributed by atoms with Gasteiger partial charge in [0.15, 0.2) is 0 Å². The van der Waals surface area contributed by atoms with E-state index in [0.717, 1.165) is 28.6 Å². The number of thioether (sulfide) groups is 1. The molecule has 22 heavy (non-hydrogen) atoms. The molecule has 0 atom stereocenters. The van der Waals surface area contributed by atoms with E-state index in [2.05, 4.69) is 9.84 Å². The van der Waals surface area contributed by atoms with Crippen LogP contribution in [0, 0.1) is 10.7 Å². The molecule has 116 valence electrons. The number of benzene rings is 1. The molecule has 2 rings (SSSR count). The molecule has 0 amide bonds. The number of rotatable bonds is 3. The van der Waals surface area contributed by atoms with Gasteiger partial charge in [0.2, 0.25) is 0 Å². The second-order valence-corrected chi connectivity index (χ2v) is 5.42. The van der Waals surface area contributed by atoms with Crippen molar-refractivity contribution in [2.24, 2.45) is 0 Å². The van der Waals surface area contributed by atoms with Crippen LogP contribution in [0.3, 0.4) is 0 Å². The Labute approximate surface area is 136 Å². The van der Waals surface area contributed by atoms with E-state index in [1.165, 1.54) is 6.20 Å². The summed E-state index contributed by atoms with van der Waals surface area (Å²) in [6.45, 7) is 0. The predicted molar refractivity (Wildman–Crippen MR) is 76.1 cm³/mol. The molecule has 1 aromatic heterocycles. The zero-order chi connectivity index (χ0) is 16.5. The summed E-state index contributed by atoms with van der Waals surface area (Å²) >= 11 is 12.7. The smallest absolute Gasteiger partial charge is 0.406 e. The molecule has 0 aliphatic heterocycles. The quantitative estimate of drug-likeness (QED) is 0.647. The molecular weight excluding hydrogens is 364 g/mol. The van der Waals surface area contributed by atoms with Crippen molar-refractivity contribution in [1.29, 1.82) is 5.26 Å². The van der Waals surface area contributed by atoms with Crippen molar-refractivity contribution >= 4 is 40.8 Å². The van der Waals surface area contributed by atoms with Crippen LogP contribution in [-0.4, -0.2) is 16.1 Å². The average Bonchev–Trinajstić information content (AvgIpc) is 2.69. The number of hydrogen-bond acceptors (Lipinski definition) is 5. The van der Waals surface area contributed by atoms with E-state index in [-0.39, 0.29) is 21.6 Å². The molecule has 0 bridgehead atoms. The van der Waals surface area contributed by atoms with Crippen LogP contribution in [0.4, 0.5) is 19.0 Å². The van der Waals surface area contributed by atoms with Crippen molar-refractivity contribution < 1.29 is 17.9 Å². The summed E-state index contributed by atoms with van der Waals surface area (Å²) in [4.78, 5) is 0.366. The summed E-state index contributed by atoms with van der Waals surface area (Å²) < 4.78 is 41.5. The zero-order valence-corrected chi connectivity index (χ0v) is 12.7. The second-order valence-electron chi connectivity index (χ2n) is 3.78. The molecule has 1 heterocycles. The van der Waals surface area contributed by atoms with Gasteiger partial charge in [0.1, 0.15) is 22.7 Å². The van der Waals surface area contributed by atoms with Crippen LogP contribution in [0.2, 0.25) is 10.0 Å². The van der Waals surface area contributed by atoms with E-state index in [4.69, 9.17) is 34.2 Å². The molecule has 5 nitrogen and oxygen atoms in total. The van der Waals surface area contributed by atoms with Gasteiger partial charge < -0.3 is 10.5 Å². The molecule has 1 aromatic carbocycles. The monoisotopic (exact) mass is 368 g/mol.